The maximum Gasteiger partial charge on any atom is 0.315 e. The lowest BCUT2D eigenvalue weighted by atomic mass is 9.85. The zero-order chi connectivity index (χ0) is 38.9. The number of likely N-dealkylation sites (N-methyl/N-ethyl adjacent to an activating group) is 1. The first kappa shape index (κ1) is 46.8. The summed E-state index contributed by atoms with van der Waals surface area (Å²) in [4.78, 5) is 78.8. The van der Waals surface area contributed by atoms with Crippen LogP contribution >= 0.6 is 0 Å². The Morgan fingerprint density at radius 3 is 1.86 bits per heavy atom. The topological polar surface area (TPSA) is 171 Å². The third-order valence-corrected chi connectivity index (χ3v) is 8.77. The Hall–Kier alpha value is -3.18. The molecule has 3 fully saturated rings. The van der Waals surface area contributed by atoms with E-state index in [0.717, 1.165) is 37.5 Å². The number of nitrogens with zero attached hydrogens (tertiary/aromatic N) is 2. The largest absolute Gasteiger partial charge is 0.363 e. The Bertz CT molecular complexity index is 1100. The second-order valence-corrected chi connectivity index (χ2v) is 16.0. The normalized spacial score (nSPS) is 19.8. The zero-order valence-electron chi connectivity index (χ0n) is 33.6. The average Bonchev–Trinajstić information content (AvgIpc) is 3.96. The number of rotatable bonds is 13. The molecular formula is C38H72N6O6. The number of Topliss-reactive ketones (excluding diaryl/α,β-unsaturated/α-hetero) is 1. The van der Waals surface area contributed by atoms with Crippen molar-refractivity contribution in [3.63, 3.8) is 0 Å². The number of primary amides is 1. The van der Waals surface area contributed by atoms with Crippen LogP contribution < -0.4 is 21.7 Å². The Kier molecular flexibility index (Phi) is 21.2. The third kappa shape index (κ3) is 18.2. The van der Waals surface area contributed by atoms with Gasteiger partial charge >= 0.3 is 6.03 Å². The smallest absolute Gasteiger partial charge is 0.315 e. The summed E-state index contributed by atoms with van der Waals surface area (Å²) in [7, 11) is 1.70. The van der Waals surface area contributed by atoms with Crippen LogP contribution in [-0.4, -0.2) is 90.1 Å². The number of likely N-dealkylation sites (tertiary alicyclic amines) is 1. The molecule has 3 rings (SSSR count). The maximum absolute atomic E-state index is 14.0. The number of nitrogens with one attached hydrogen (secondary N) is 3. The van der Waals surface area contributed by atoms with Crippen LogP contribution in [0.4, 0.5) is 4.79 Å². The van der Waals surface area contributed by atoms with E-state index >= 15 is 0 Å². The first-order chi connectivity index (χ1) is 23.2. The fourth-order valence-electron chi connectivity index (χ4n) is 5.30. The van der Waals surface area contributed by atoms with Gasteiger partial charge in [-0.05, 0) is 61.2 Å². The molecule has 1 heterocycles. The molecule has 5 N–H and O–H groups in total. The predicted molar refractivity (Wildman–Crippen MR) is 200 cm³/mol. The number of carbonyl (C=O) groups excluding carboxylic acids is 6. The molecule has 3 unspecified atom stereocenters. The molecular weight excluding hydrogens is 636 g/mol. The summed E-state index contributed by atoms with van der Waals surface area (Å²) < 4.78 is 0. The van der Waals surface area contributed by atoms with Crippen LogP contribution in [0.3, 0.4) is 0 Å². The van der Waals surface area contributed by atoms with Gasteiger partial charge in [-0.15, -0.1) is 0 Å². The van der Waals surface area contributed by atoms with Gasteiger partial charge in [0.1, 0.15) is 12.1 Å². The van der Waals surface area contributed by atoms with E-state index in [0.29, 0.717) is 25.4 Å². The minimum atomic E-state index is -1.15. The number of carbonyl (C=O) groups is 6. The summed E-state index contributed by atoms with van der Waals surface area (Å²) in [5.41, 5.74) is 4.36. The molecule has 5 atom stereocenters. The Morgan fingerprint density at radius 1 is 0.920 bits per heavy atom. The second-order valence-electron chi connectivity index (χ2n) is 16.0. The molecule has 3 aliphatic rings. The van der Waals surface area contributed by atoms with Crippen LogP contribution in [0.1, 0.15) is 128 Å². The van der Waals surface area contributed by atoms with Crippen LogP contribution in [0.5, 0.6) is 0 Å². The van der Waals surface area contributed by atoms with Crippen molar-refractivity contribution >= 4 is 35.4 Å². The van der Waals surface area contributed by atoms with Gasteiger partial charge in [0.05, 0.1) is 12.6 Å². The van der Waals surface area contributed by atoms with Crippen LogP contribution in [0, 0.1) is 35.0 Å². The molecule has 12 heteroatoms. The number of hydrogen-bond donors (Lipinski definition) is 4. The number of ketones is 1. The molecule has 0 aromatic carbocycles. The number of hydrogen-bond acceptors (Lipinski definition) is 6. The molecule has 1 aliphatic heterocycles. The summed E-state index contributed by atoms with van der Waals surface area (Å²) in [5.74, 6) is -0.559. The summed E-state index contributed by atoms with van der Waals surface area (Å²) >= 11 is 0. The van der Waals surface area contributed by atoms with Gasteiger partial charge in [0.25, 0.3) is 5.91 Å². The molecule has 6 amide bonds. The lowest BCUT2D eigenvalue weighted by Crippen LogP contribution is -2.60. The molecule has 1 saturated heterocycles. The van der Waals surface area contributed by atoms with Crippen LogP contribution in [0.15, 0.2) is 0 Å². The maximum atomic E-state index is 14.0. The molecule has 2 aliphatic carbocycles. The van der Waals surface area contributed by atoms with Gasteiger partial charge in [-0.1, -0.05) is 102 Å². The highest BCUT2D eigenvalue weighted by atomic mass is 16.2. The van der Waals surface area contributed by atoms with E-state index in [2.05, 4.69) is 57.5 Å². The highest BCUT2D eigenvalue weighted by Crippen LogP contribution is 2.34. The molecule has 0 aromatic heterocycles. The quantitative estimate of drug-likeness (QED) is 0.199. The highest BCUT2D eigenvalue weighted by molar-refractivity contribution is 6.37. The van der Waals surface area contributed by atoms with Gasteiger partial charge in [-0.25, -0.2) is 4.79 Å². The molecule has 0 radical (unpaired) electrons. The van der Waals surface area contributed by atoms with Crippen molar-refractivity contribution in [1.82, 2.24) is 25.8 Å². The van der Waals surface area contributed by atoms with Gasteiger partial charge in [0.15, 0.2) is 0 Å². The predicted octanol–water partition coefficient (Wildman–Crippen LogP) is 4.89. The van der Waals surface area contributed by atoms with Gasteiger partial charge in [0.2, 0.25) is 23.5 Å². The van der Waals surface area contributed by atoms with Crippen molar-refractivity contribution in [2.75, 3.05) is 26.7 Å². The first-order valence-electron chi connectivity index (χ1n) is 18.9. The van der Waals surface area contributed by atoms with Gasteiger partial charge in [-0.2, -0.15) is 0 Å². The first-order valence-corrected chi connectivity index (χ1v) is 18.9. The average molecular weight is 709 g/mol. The fraction of sp³-hybridized carbons (Fsp3) is 0.842. The molecule has 0 spiro atoms. The van der Waals surface area contributed by atoms with E-state index in [1.54, 1.807) is 32.7 Å². The van der Waals surface area contributed by atoms with Crippen molar-refractivity contribution in [3.8, 4) is 0 Å². The number of amides is 6. The van der Waals surface area contributed by atoms with Crippen LogP contribution in [0.2, 0.25) is 0 Å². The van der Waals surface area contributed by atoms with E-state index in [4.69, 9.17) is 5.73 Å². The number of nitrogens with two attached hydrogens (primary N) is 1. The fourth-order valence-corrected chi connectivity index (χ4v) is 5.30. The third-order valence-electron chi connectivity index (χ3n) is 8.77. The van der Waals surface area contributed by atoms with Crippen molar-refractivity contribution in [2.45, 2.75) is 146 Å². The molecule has 0 bridgehead atoms. The second kappa shape index (κ2) is 22.6. The summed E-state index contributed by atoms with van der Waals surface area (Å²) in [6.45, 7) is 24.5. The van der Waals surface area contributed by atoms with Gasteiger partial charge in [0, 0.05) is 20.1 Å². The molecule has 2 saturated carbocycles. The lowest BCUT2D eigenvalue weighted by molar-refractivity contribution is -0.143. The van der Waals surface area contributed by atoms with Crippen molar-refractivity contribution in [2.24, 2.45) is 40.7 Å². The molecule has 50 heavy (non-hydrogen) atoms. The molecule has 12 nitrogen and oxygen atoms in total. The van der Waals surface area contributed by atoms with E-state index in [1.165, 1.54) is 24.7 Å². The SMILES string of the molecule is CC.CC(C)C.CC1CC1.CCCC(C)[C@@H]1C[C@@H](C(=O)NC(C)C(=O)C(N)=O)N(C(=O)C(NC(=O)NCC(=O)N(C)CC2CC2)C(C)(C)C)C1. The van der Waals surface area contributed by atoms with E-state index < -0.39 is 53.1 Å². The minimum absolute atomic E-state index is 0.0378. The number of urea groups is 1. The van der Waals surface area contributed by atoms with Crippen molar-refractivity contribution < 1.29 is 28.8 Å². The monoisotopic (exact) mass is 709 g/mol. The lowest BCUT2D eigenvalue weighted by Gasteiger charge is -2.35. The Balaban J connectivity index is 0.00000209. The van der Waals surface area contributed by atoms with E-state index in [9.17, 15) is 28.8 Å². The van der Waals surface area contributed by atoms with Crippen molar-refractivity contribution in [1.29, 1.82) is 0 Å². The van der Waals surface area contributed by atoms with Gasteiger partial charge < -0.3 is 31.5 Å². The van der Waals surface area contributed by atoms with E-state index in [1.807, 2.05) is 13.8 Å². The minimum Gasteiger partial charge on any atom is -0.363 e. The van der Waals surface area contributed by atoms with Crippen LogP contribution in [-0.2, 0) is 24.0 Å². The standard InChI is InChI=1S/C28H48N6O6.C4H8.C4H10.C2H6/c1-8-9-16(2)19-12-20(25(38)31-17(3)22(36)24(29)37)34(15-19)26(39)23(28(4,5)6)32-27(40)30-13-21(35)33(7)14-18-10-11-18;1-4-2-3-4;1-4(2)3;1-2/h16-20,23H,8-15H2,1-7H3,(H2,29,37)(H,31,38)(H2,30,32,40);4H,2-3H2,1H3;4H,1-3H3;1-2H3/t16?,17?,19-,20+,23?;;;/m1.../s1. The summed E-state index contributed by atoms with van der Waals surface area (Å²) in [5, 5.41) is 7.82. The zero-order valence-corrected chi connectivity index (χ0v) is 33.6. The van der Waals surface area contributed by atoms with Crippen molar-refractivity contribution in [3.05, 3.63) is 0 Å². The van der Waals surface area contributed by atoms with E-state index in [-0.39, 0.29) is 24.3 Å². The van der Waals surface area contributed by atoms with Crippen LogP contribution in [0.25, 0.3) is 0 Å². The Morgan fingerprint density at radius 2 is 1.44 bits per heavy atom. The summed E-state index contributed by atoms with van der Waals surface area (Å²) in [6.07, 6.45) is 7.45. The molecule has 290 valence electrons. The summed E-state index contributed by atoms with van der Waals surface area (Å²) in [6, 6.07) is -3.66. The highest BCUT2D eigenvalue weighted by Gasteiger charge is 2.46. The van der Waals surface area contributed by atoms with Gasteiger partial charge in [-0.3, -0.25) is 24.0 Å². The Labute approximate surface area is 303 Å². The molecule has 0 aromatic rings.